The smallest absolute Gasteiger partial charge is 0.170 e. The zero-order valence-corrected chi connectivity index (χ0v) is 11.8. The first kappa shape index (κ1) is 14.2. The summed E-state index contributed by atoms with van der Waals surface area (Å²) in [4.78, 5) is 0. The van der Waals surface area contributed by atoms with Gasteiger partial charge in [-0.25, -0.2) is 0 Å². The summed E-state index contributed by atoms with van der Waals surface area (Å²) in [5.74, 6) is -2.14. The van der Waals surface area contributed by atoms with E-state index in [0.29, 0.717) is 5.71 Å². The maximum Gasteiger partial charge on any atom is 0.396 e. The first-order chi connectivity index (χ1) is 9.97. The van der Waals surface area contributed by atoms with Crippen molar-refractivity contribution < 1.29 is 13.2 Å². The van der Waals surface area contributed by atoms with Crippen molar-refractivity contribution in [2.75, 3.05) is 0 Å². The fourth-order valence-corrected chi connectivity index (χ4v) is 3.31. The minimum absolute atomic E-state index is 0.0182. The summed E-state index contributed by atoms with van der Waals surface area (Å²) in [6.07, 6.45) is 9.36. The average Bonchev–Trinajstić information content (AvgIpc) is 2.45. The molecule has 21 heavy (non-hydrogen) atoms. The van der Waals surface area contributed by atoms with Crippen molar-refractivity contribution in [1.82, 2.24) is 4.67 Å². The van der Waals surface area contributed by atoms with E-state index < -0.39 is 18.0 Å². The van der Waals surface area contributed by atoms with E-state index in [1.807, 2.05) is 25.2 Å². The Balaban J connectivity index is 2.03. The molecule has 3 rings (SSSR count). The van der Waals surface area contributed by atoms with Crippen molar-refractivity contribution in [3.05, 3.63) is 48.1 Å². The van der Waals surface area contributed by atoms with E-state index in [4.69, 9.17) is 0 Å². The van der Waals surface area contributed by atoms with E-state index in [0.717, 1.165) is 18.6 Å². The summed E-state index contributed by atoms with van der Waals surface area (Å²) in [6.45, 7) is 1.89. The van der Waals surface area contributed by atoms with Gasteiger partial charge in [0.25, 0.3) is 11.4 Å². The van der Waals surface area contributed by atoms with Crippen LogP contribution in [0.5, 0.6) is 0 Å². The zero-order chi connectivity index (χ0) is 15.0. The Morgan fingerprint density at radius 1 is 1.14 bits per heavy atom. The Hall–Kier alpha value is -1.80. The second-order valence-corrected chi connectivity index (χ2v) is 5.77. The second-order valence-electron chi connectivity index (χ2n) is 5.77. The Bertz CT molecular complexity index is 625. The zero-order valence-electron chi connectivity index (χ0n) is 11.8. The van der Waals surface area contributed by atoms with E-state index >= 15 is 0 Å². The molecule has 2 aliphatic carbocycles. The van der Waals surface area contributed by atoms with E-state index in [9.17, 15) is 13.2 Å². The van der Waals surface area contributed by atoms with Gasteiger partial charge in [-0.2, -0.15) is 13.2 Å². The molecular formula is C17H17F3N+. The molecule has 1 heterocycles. The van der Waals surface area contributed by atoms with Crippen molar-refractivity contribution in [3.8, 4) is 0 Å². The van der Waals surface area contributed by atoms with Gasteiger partial charge in [-0.3, -0.25) is 0 Å². The lowest BCUT2D eigenvalue weighted by molar-refractivity contribution is -0.165. The third kappa shape index (κ3) is 2.68. The van der Waals surface area contributed by atoms with Crippen molar-refractivity contribution >= 4 is 11.4 Å². The van der Waals surface area contributed by atoms with Crippen LogP contribution in [0.3, 0.4) is 0 Å². The van der Waals surface area contributed by atoms with Gasteiger partial charge in [-0.05, 0) is 12.0 Å². The average molecular weight is 292 g/mol. The van der Waals surface area contributed by atoms with Crippen LogP contribution >= 0.6 is 0 Å². The lowest BCUT2D eigenvalue weighted by atomic mass is 9.73. The van der Waals surface area contributed by atoms with Crippen LogP contribution in [0.4, 0.5) is 13.2 Å². The maximum absolute atomic E-state index is 13.3. The highest BCUT2D eigenvalue weighted by Crippen LogP contribution is 2.40. The van der Waals surface area contributed by atoms with Gasteiger partial charge in [-0.15, -0.1) is 4.67 Å². The highest BCUT2D eigenvalue weighted by Gasteiger charge is 2.50. The Labute approximate surface area is 122 Å². The van der Waals surface area contributed by atoms with Gasteiger partial charge in [-0.1, -0.05) is 42.5 Å². The van der Waals surface area contributed by atoms with Crippen molar-refractivity contribution in [2.45, 2.75) is 25.9 Å². The van der Waals surface area contributed by atoms with Gasteiger partial charge < -0.3 is 0 Å². The first-order valence-corrected chi connectivity index (χ1v) is 7.15. The standard InChI is InChI=1S/C17H17F3N/c1-11-10-12-6-2-3-7-13(12)16(21-11)14-8-4-5-9-15(14)17(18,19)20/h2-6,8-9,13-15H,7,10H2,1H3/q+1. The number of nitrogens with zero attached hydrogens (tertiary/aromatic N) is 1. The monoisotopic (exact) mass is 292 g/mol. The second kappa shape index (κ2) is 5.19. The summed E-state index contributed by atoms with van der Waals surface area (Å²) in [5, 5.41) is 0. The quantitative estimate of drug-likeness (QED) is 0.653. The van der Waals surface area contributed by atoms with Crippen LogP contribution in [0.15, 0.2) is 48.1 Å². The summed E-state index contributed by atoms with van der Waals surface area (Å²) >= 11 is 0. The first-order valence-electron chi connectivity index (χ1n) is 7.15. The fraction of sp³-hybridized carbons (Fsp3) is 0.412. The molecule has 0 saturated carbocycles. The maximum atomic E-state index is 13.3. The fourth-order valence-electron chi connectivity index (χ4n) is 3.31. The van der Waals surface area contributed by atoms with Crippen LogP contribution in [0.25, 0.3) is 0 Å². The normalized spacial score (nSPS) is 31.4. The largest absolute Gasteiger partial charge is 0.396 e. The van der Waals surface area contributed by atoms with E-state index in [2.05, 4.69) is 4.67 Å². The van der Waals surface area contributed by atoms with Gasteiger partial charge >= 0.3 is 6.18 Å². The Morgan fingerprint density at radius 2 is 1.90 bits per heavy atom. The Kier molecular flexibility index (Phi) is 3.50. The van der Waals surface area contributed by atoms with Crippen LogP contribution in [0.1, 0.15) is 19.8 Å². The van der Waals surface area contributed by atoms with Crippen molar-refractivity contribution in [1.29, 1.82) is 0 Å². The van der Waals surface area contributed by atoms with E-state index in [-0.39, 0.29) is 5.92 Å². The van der Waals surface area contributed by atoms with Gasteiger partial charge in [0.15, 0.2) is 0 Å². The van der Waals surface area contributed by atoms with Crippen LogP contribution in [0, 0.1) is 17.8 Å². The lowest BCUT2D eigenvalue weighted by Crippen LogP contribution is -2.40. The molecule has 3 atom stereocenters. The van der Waals surface area contributed by atoms with Crippen LogP contribution < -0.4 is 4.67 Å². The molecule has 0 aromatic rings. The van der Waals surface area contributed by atoms with E-state index in [1.54, 1.807) is 12.2 Å². The van der Waals surface area contributed by atoms with Crippen LogP contribution in [0.2, 0.25) is 0 Å². The molecule has 0 fully saturated rings. The number of fused-ring (bicyclic) bond motifs is 1. The predicted molar refractivity (Wildman–Crippen MR) is 79.1 cm³/mol. The molecule has 0 saturated heterocycles. The summed E-state index contributed by atoms with van der Waals surface area (Å²) in [6, 6.07) is 0. The minimum atomic E-state index is -4.24. The van der Waals surface area contributed by atoms with Gasteiger partial charge in [0, 0.05) is 6.92 Å². The molecule has 0 amide bonds. The third-order valence-electron chi connectivity index (χ3n) is 4.26. The van der Waals surface area contributed by atoms with Crippen LogP contribution in [-0.2, 0) is 0 Å². The number of rotatable bonds is 1. The predicted octanol–water partition coefficient (Wildman–Crippen LogP) is 3.78. The topological polar surface area (TPSA) is 14.1 Å². The number of alkyl halides is 3. The van der Waals surface area contributed by atoms with Gasteiger partial charge in [0.2, 0.25) is 0 Å². The molecule has 0 aromatic heterocycles. The van der Waals surface area contributed by atoms with Crippen molar-refractivity contribution in [2.24, 2.45) is 17.8 Å². The molecule has 0 radical (unpaired) electrons. The molecule has 0 N–H and O–H groups in total. The highest BCUT2D eigenvalue weighted by atomic mass is 19.4. The molecule has 1 nitrogen and oxygen atoms in total. The number of halogens is 3. The lowest BCUT2D eigenvalue weighted by Gasteiger charge is -2.28. The molecule has 3 unspecified atom stereocenters. The van der Waals surface area contributed by atoms with Gasteiger partial charge in [0.1, 0.15) is 0 Å². The van der Waals surface area contributed by atoms with Crippen molar-refractivity contribution in [3.63, 3.8) is 0 Å². The number of hydrogen-bond acceptors (Lipinski definition) is 0. The molecule has 0 aromatic carbocycles. The number of allylic oxidation sites excluding steroid dienone is 8. The summed E-state index contributed by atoms with van der Waals surface area (Å²) < 4.78 is 44.4. The summed E-state index contributed by atoms with van der Waals surface area (Å²) in [5.41, 5.74) is 2.74. The molecule has 4 heteroatoms. The molecule has 110 valence electrons. The van der Waals surface area contributed by atoms with E-state index in [1.165, 1.54) is 17.7 Å². The molecule has 0 spiro atoms. The molecule has 3 aliphatic rings. The Morgan fingerprint density at radius 3 is 2.67 bits per heavy atom. The van der Waals surface area contributed by atoms with Crippen LogP contribution in [-0.4, -0.2) is 17.6 Å². The SMILES string of the molecule is CC1=[N+]=C(C2C=CC=CC2C(F)(F)F)C2CC=CC=C2C1. The molecule has 1 aliphatic heterocycles. The highest BCUT2D eigenvalue weighted by molar-refractivity contribution is 6.01. The number of hydrogen-bond donors (Lipinski definition) is 0. The summed E-state index contributed by atoms with van der Waals surface area (Å²) in [7, 11) is 0. The molecular weight excluding hydrogens is 275 g/mol. The minimum Gasteiger partial charge on any atom is -0.170 e. The van der Waals surface area contributed by atoms with Gasteiger partial charge in [0.05, 0.1) is 24.2 Å². The third-order valence-corrected chi connectivity index (χ3v) is 4.26. The molecule has 0 bridgehead atoms.